The smallest absolute Gasteiger partial charge is 0.410 e. The van der Waals surface area contributed by atoms with Crippen LogP contribution in [0.5, 0.6) is 17.2 Å². The van der Waals surface area contributed by atoms with Crippen LogP contribution in [-0.2, 0) is 17.7 Å². The Morgan fingerprint density at radius 1 is 1.15 bits per heavy atom. The van der Waals surface area contributed by atoms with E-state index in [2.05, 4.69) is 19.9 Å². The second kappa shape index (κ2) is 12.9. The summed E-state index contributed by atoms with van der Waals surface area (Å²) in [6.45, 7) is 11.4. The molecular weight excluding hydrogens is 617 g/mol. The number of fused-ring (bicyclic) bond motifs is 1. The maximum absolute atomic E-state index is 14.3. The maximum atomic E-state index is 14.3. The molecule has 3 aromatic rings. The lowest BCUT2D eigenvalue weighted by atomic mass is 9.61. The summed E-state index contributed by atoms with van der Waals surface area (Å²) in [5.74, 6) is 0.733. The van der Waals surface area contributed by atoms with Crippen LogP contribution in [0.1, 0.15) is 69.1 Å². The monoisotopic (exact) mass is 657 g/mol. The Labute approximate surface area is 279 Å². The molecule has 252 valence electrons. The third kappa shape index (κ3) is 6.83. The van der Waals surface area contributed by atoms with Crippen LogP contribution in [0.25, 0.3) is 0 Å². The normalized spacial score (nSPS) is 16.8. The molecule has 1 aliphatic carbocycles. The van der Waals surface area contributed by atoms with E-state index >= 15 is 0 Å². The van der Waals surface area contributed by atoms with E-state index in [0.717, 1.165) is 49.0 Å². The van der Waals surface area contributed by atoms with E-state index in [4.69, 9.17) is 14.2 Å². The summed E-state index contributed by atoms with van der Waals surface area (Å²) in [5, 5.41) is 9.24. The number of carbonyl (C=O) groups is 2. The van der Waals surface area contributed by atoms with Gasteiger partial charge in [0.2, 0.25) is 0 Å². The van der Waals surface area contributed by atoms with Crippen molar-refractivity contribution < 1.29 is 28.2 Å². The Balaban J connectivity index is 1.10. The van der Waals surface area contributed by atoms with E-state index in [9.17, 15) is 19.2 Å². The number of aromatic nitrogens is 3. The molecule has 0 atom stereocenters. The molecule has 1 aromatic carbocycles. The zero-order valence-corrected chi connectivity index (χ0v) is 27.9. The highest BCUT2D eigenvalue weighted by Gasteiger charge is 2.54. The van der Waals surface area contributed by atoms with Crippen molar-refractivity contribution in [2.75, 3.05) is 31.1 Å². The van der Waals surface area contributed by atoms with Crippen molar-refractivity contribution in [3.63, 3.8) is 0 Å². The van der Waals surface area contributed by atoms with Crippen molar-refractivity contribution in [1.29, 1.82) is 5.26 Å². The van der Waals surface area contributed by atoms with Crippen LogP contribution in [0.15, 0.2) is 43.0 Å². The molecule has 2 aromatic heterocycles. The largest absolute Gasteiger partial charge is 0.490 e. The van der Waals surface area contributed by atoms with Gasteiger partial charge in [0.25, 0.3) is 5.91 Å². The van der Waals surface area contributed by atoms with Crippen molar-refractivity contribution in [2.24, 2.45) is 5.41 Å². The second-order valence-electron chi connectivity index (χ2n) is 14.0. The Kier molecular flexibility index (Phi) is 8.85. The number of nitriles is 1. The first-order valence-corrected chi connectivity index (χ1v) is 16.2. The summed E-state index contributed by atoms with van der Waals surface area (Å²) >= 11 is 0. The summed E-state index contributed by atoms with van der Waals surface area (Å²) < 4.78 is 32.5. The van der Waals surface area contributed by atoms with E-state index in [-0.39, 0.29) is 41.5 Å². The van der Waals surface area contributed by atoms with Crippen LogP contribution in [0, 0.1) is 22.6 Å². The van der Waals surface area contributed by atoms with Gasteiger partial charge in [-0.3, -0.25) is 9.78 Å². The van der Waals surface area contributed by atoms with Crippen molar-refractivity contribution in [3.8, 4) is 23.3 Å². The molecule has 0 unspecified atom stereocenters. The zero-order chi connectivity index (χ0) is 34.2. The number of halogens is 1. The van der Waals surface area contributed by atoms with E-state index < -0.39 is 17.3 Å². The lowest BCUT2D eigenvalue weighted by Gasteiger charge is -2.59. The Bertz CT molecular complexity index is 1740. The molecule has 0 N–H and O–H groups in total. The van der Waals surface area contributed by atoms with Crippen LogP contribution in [0.3, 0.4) is 0 Å². The van der Waals surface area contributed by atoms with Gasteiger partial charge >= 0.3 is 6.09 Å². The quantitative estimate of drug-likeness (QED) is 0.285. The minimum absolute atomic E-state index is 0.0142. The van der Waals surface area contributed by atoms with Crippen molar-refractivity contribution in [2.45, 2.75) is 78.2 Å². The molecule has 1 saturated heterocycles. The van der Waals surface area contributed by atoms with Crippen molar-refractivity contribution in [1.82, 2.24) is 24.8 Å². The van der Waals surface area contributed by atoms with Gasteiger partial charge in [-0.1, -0.05) is 0 Å². The number of anilines is 1. The number of hydrogen-bond acceptors (Lipinski definition) is 10. The molecule has 1 spiro atoms. The maximum Gasteiger partial charge on any atom is 0.410 e. The van der Waals surface area contributed by atoms with Gasteiger partial charge in [0.15, 0.2) is 11.6 Å². The topological polar surface area (TPSA) is 134 Å². The minimum Gasteiger partial charge on any atom is -0.490 e. The number of pyridine rings is 1. The molecule has 13 heteroatoms. The molecule has 12 nitrogen and oxygen atoms in total. The summed E-state index contributed by atoms with van der Waals surface area (Å²) in [5.41, 5.74) is 1.38. The Hall–Kier alpha value is -4.99. The zero-order valence-electron chi connectivity index (χ0n) is 27.9. The fraction of sp³-hybridized carbons (Fsp3) is 0.486. The highest BCUT2D eigenvalue weighted by Crippen LogP contribution is 2.52. The van der Waals surface area contributed by atoms with E-state index in [1.54, 1.807) is 24.9 Å². The van der Waals surface area contributed by atoms with Gasteiger partial charge < -0.3 is 28.9 Å². The molecule has 0 bridgehead atoms. The highest BCUT2D eigenvalue weighted by atomic mass is 19.1. The Morgan fingerprint density at radius 2 is 1.92 bits per heavy atom. The molecule has 2 fully saturated rings. The molecule has 4 heterocycles. The molecule has 2 amide bonds. The fourth-order valence-corrected chi connectivity index (χ4v) is 6.56. The minimum atomic E-state index is -0.588. The van der Waals surface area contributed by atoms with E-state index in [0.29, 0.717) is 31.1 Å². The standard InChI is InChI=1S/C35H40FN7O5/c1-22(2)43(13-10-37)32(44)25-14-23(36)6-7-28(25)47-30-17-38-21-40-31(30)42-19-35(20-42)15-24(16-35)46-29-8-11-39-27-9-12-41(18-26(27)29)33(45)48-34(3,4)5/h6-8,11,14,17,21-22,24H,9,12-13,15-16,18-20H2,1-5H3. The molecule has 0 radical (unpaired) electrons. The number of nitrogens with zero attached hydrogens (tertiary/aromatic N) is 7. The van der Waals surface area contributed by atoms with Crippen LogP contribution in [0.2, 0.25) is 0 Å². The summed E-state index contributed by atoms with van der Waals surface area (Å²) in [6, 6.07) is 7.34. The summed E-state index contributed by atoms with van der Waals surface area (Å²) in [6.07, 6.45) is 6.78. The van der Waals surface area contributed by atoms with Gasteiger partial charge in [-0.2, -0.15) is 5.26 Å². The average molecular weight is 658 g/mol. The number of rotatable bonds is 8. The van der Waals surface area contributed by atoms with Crippen LogP contribution in [-0.4, -0.2) is 80.7 Å². The van der Waals surface area contributed by atoms with Gasteiger partial charge in [-0.15, -0.1) is 0 Å². The molecule has 48 heavy (non-hydrogen) atoms. The third-order valence-corrected chi connectivity index (χ3v) is 8.86. The van der Waals surface area contributed by atoms with Gasteiger partial charge in [0, 0.05) is 49.3 Å². The fourth-order valence-electron chi connectivity index (χ4n) is 6.56. The second-order valence-corrected chi connectivity index (χ2v) is 14.0. The number of ether oxygens (including phenoxy) is 3. The van der Waals surface area contributed by atoms with Crippen molar-refractivity contribution in [3.05, 3.63) is 65.6 Å². The summed E-state index contributed by atoms with van der Waals surface area (Å²) in [4.78, 5) is 44.4. The van der Waals surface area contributed by atoms with E-state index in [1.807, 2.05) is 32.9 Å². The molecule has 2 aliphatic heterocycles. The lowest BCUT2D eigenvalue weighted by molar-refractivity contribution is -0.0353. The van der Waals surface area contributed by atoms with Gasteiger partial charge in [0.05, 0.1) is 30.1 Å². The first-order valence-electron chi connectivity index (χ1n) is 16.2. The first kappa shape index (κ1) is 32.9. The van der Waals surface area contributed by atoms with Gasteiger partial charge in [-0.05, 0) is 71.7 Å². The SMILES string of the molecule is CC(C)N(CC#N)C(=O)c1cc(F)ccc1Oc1cncnc1N1CC2(CC(Oc3ccnc4c3CN(C(=O)OC(C)(C)C)CC4)C2)C1. The van der Waals surface area contributed by atoms with Crippen LogP contribution < -0.4 is 14.4 Å². The number of carbonyl (C=O) groups excluding carboxylic acids is 2. The number of hydrogen-bond donors (Lipinski definition) is 0. The van der Waals surface area contributed by atoms with Crippen molar-refractivity contribution >= 4 is 17.8 Å². The number of benzene rings is 1. The summed E-state index contributed by atoms with van der Waals surface area (Å²) in [7, 11) is 0. The molecule has 6 rings (SSSR count). The van der Waals surface area contributed by atoms with Gasteiger partial charge in [-0.25, -0.2) is 19.2 Å². The lowest BCUT2D eigenvalue weighted by Crippen LogP contribution is -2.65. The average Bonchev–Trinajstić information content (AvgIpc) is 3.00. The molecular formula is C35H40FN7O5. The highest BCUT2D eigenvalue weighted by molar-refractivity contribution is 5.97. The predicted molar refractivity (Wildman–Crippen MR) is 173 cm³/mol. The predicted octanol–water partition coefficient (Wildman–Crippen LogP) is 5.52. The van der Waals surface area contributed by atoms with Gasteiger partial charge in [0.1, 0.15) is 41.9 Å². The molecule has 3 aliphatic rings. The van der Waals surface area contributed by atoms with Crippen LogP contribution >= 0.6 is 0 Å². The first-order chi connectivity index (χ1) is 22.8. The molecule has 1 saturated carbocycles. The van der Waals surface area contributed by atoms with E-state index in [1.165, 1.54) is 29.6 Å². The third-order valence-electron chi connectivity index (χ3n) is 8.86. The van der Waals surface area contributed by atoms with Crippen LogP contribution in [0.4, 0.5) is 15.0 Å². The number of amides is 2. The Morgan fingerprint density at radius 3 is 2.62 bits per heavy atom.